The molecule has 0 radical (unpaired) electrons. The number of aromatic nitrogens is 1. The van der Waals surface area contributed by atoms with Crippen LogP contribution in [-0.4, -0.2) is 92.5 Å². The van der Waals surface area contributed by atoms with Gasteiger partial charge in [-0.25, -0.2) is 18.4 Å². The van der Waals surface area contributed by atoms with E-state index in [1.54, 1.807) is 34.7 Å². The van der Waals surface area contributed by atoms with Gasteiger partial charge in [0.25, 0.3) is 0 Å². The summed E-state index contributed by atoms with van der Waals surface area (Å²) in [6.07, 6.45) is -7.88. The molecule has 4 aromatic carbocycles. The number of likely N-dealkylation sites (N-methyl/N-ethyl adjacent to an activating group) is 2. The quantitative estimate of drug-likeness (QED) is 0.108. The van der Waals surface area contributed by atoms with Crippen molar-refractivity contribution in [3.8, 4) is 11.1 Å². The summed E-state index contributed by atoms with van der Waals surface area (Å²) in [6, 6.07) is 23.2. The summed E-state index contributed by atoms with van der Waals surface area (Å²) in [4.78, 5) is 50.1. The van der Waals surface area contributed by atoms with Crippen LogP contribution in [0.3, 0.4) is 0 Å². The number of halogens is 5. The van der Waals surface area contributed by atoms with Crippen molar-refractivity contribution in [2.24, 2.45) is 0 Å². The number of aryl methyl sites for hydroxylation is 2. The maximum atomic E-state index is 14.5. The summed E-state index contributed by atoms with van der Waals surface area (Å²) < 4.78 is 69.1. The molecule has 0 fully saturated rings. The largest absolute Gasteiger partial charge is 0.479 e. The van der Waals surface area contributed by atoms with Crippen LogP contribution in [0.25, 0.3) is 22.0 Å². The minimum absolute atomic E-state index is 0.0883. The van der Waals surface area contributed by atoms with Crippen molar-refractivity contribution in [2.75, 3.05) is 27.7 Å². The highest BCUT2D eigenvalue weighted by atomic mass is 19.4. The summed E-state index contributed by atoms with van der Waals surface area (Å²) in [7, 11) is 5.61. The molecule has 5 rings (SSSR count). The third kappa shape index (κ3) is 11.8. The SMILES string of the molecule is CN(C)CCc1ccc2c(=O)cc(CCc3cccc(F)c3F)n(CC(=O)N(C)Cc3ccc(-c4ccc(C(F)(F)F)cc4)cc3)c2c1.O=C(O)C(O)C(O)C(=O)O. The smallest absolute Gasteiger partial charge is 0.416 e. The Morgan fingerprint density at radius 3 is 1.86 bits per heavy atom. The zero-order valence-corrected chi connectivity index (χ0v) is 31.7. The van der Waals surface area contributed by atoms with Crippen molar-refractivity contribution < 1.29 is 56.8 Å². The zero-order valence-electron chi connectivity index (χ0n) is 31.7. The zero-order chi connectivity index (χ0) is 42.9. The van der Waals surface area contributed by atoms with Gasteiger partial charge in [0, 0.05) is 37.3 Å². The van der Waals surface area contributed by atoms with E-state index in [1.807, 2.05) is 38.4 Å². The van der Waals surface area contributed by atoms with Gasteiger partial charge in [-0.15, -0.1) is 0 Å². The first-order chi connectivity index (χ1) is 27.3. The molecule has 0 aliphatic heterocycles. The minimum atomic E-state index is -4.41. The second-order valence-corrected chi connectivity index (χ2v) is 13.8. The van der Waals surface area contributed by atoms with Crippen LogP contribution in [0.1, 0.15) is 27.9 Å². The molecule has 1 amide bonds. The molecule has 58 heavy (non-hydrogen) atoms. The van der Waals surface area contributed by atoms with Crippen LogP contribution in [0.5, 0.6) is 0 Å². The van der Waals surface area contributed by atoms with Gasteiger partial charge in [-0.3, -0.25) is 9.59 Å². The van der Waals surface area contributed by atoms with E-state index in [9.17, 15) is 41.1 Å². The second-order valence-electron chi connectivity index (χ2n) is 13.8. The highest BCUT2D eigenvalue weighted by molar-refractivity contribution is 5.84. The number of nitrogens with zero attached hydrogens (tertiary/aromatic N) is 3. The lowest BCUT2D eigenvalue weighted by molar-refractivity contribution is -0.165. The van der Waals surface area contributed by atoms with E-state index in [-0.39, 0.29) is 42.8 Å². The highest BCUT2D eigenvalue weighted by Crippen LogP contribution is 2.31. The molecule has 0 spiro atoms. The number of hydrogen-bond donors (Lipinski definition) is 4. The molecular formula is C42H42F5N3O8. The number of carboxylic acids is 2. The molecule has 308 valence electrons. The van der Waals surface area contributed by atoms with E-state index in [4.69, 9.17) is 20.4 Å². The van der Waals surface area contributed by atoms with Crippen LogP contribution >= 0.6 is 0 Å². The summed E-state index contributed by atoms with van der Waals surface area (Å²) in [5.41, 5.74) is 3.56. The van der Waals surface area contributed by atoms with Crippen molar-refractivity contribution in [3.05, 3.63) is 141 Å². The lowest BCUT2D eigenvalue weighted by Crippen LogP contribution is -2.39. The lowest BCUT2D eigenvalue weighted by Gasteiger charge is -2.22. The molecule has 0 bridgehead atoms. The van der Waals surface area contributed by atoms with E-state index >= 15 is 0 Å². The average Bonchev–Trinajstić information content (AvgIpc) is 3.18. The lowest BCUT2D eigenvalue weighted by atomic mass is 10.0. The molecular weight excluding hydrogens is 769 g/mol. The summed E-state index contributed by atoms with van der Waals surface area (Å²) >= 11 is 0. The minimum Gasteiger partial charge on any atom is -0.479 e. The number of carbonyl (C=O) groups is 3. The molecule has 0 aliphatic rings. The number of pyridine rings is 1. The van der Waals surface area contributed by atoms with Crippen molar-refractivity contribution in [2.45, 2.75) is 50.7 Å². The van der Waals surface area contributed by atoms with E-state index in [0.717, 1.165) is 47.9 Å². The normalized spacial score (nSPS) is 12.5. The van der Waals surface area contributed by atoms with Gasteiger partial charge in [-0.1, -0.05) is 54.6 Å². The number of hydrogen-bond acceptors (Lipinski definition) is 7. The fourth-order valence-electron chi connectivity index (χ4n) is 5.92. The monoisotopic (exact) mass is 811 g/mol. The van der Waals surface area contributed by atoms with Gasteiger partial charge in [0.2, 0.25) is 5.91 Å². The van der Waals surface area contributed by atoms with Crippen molar-refractivity contribution >= 4 is 28.7 Å². The number of amides is 1. The Balaban J connectivity index is 0.000000657. The van der Waals surface area contributed by atoms with E-state index in [2.05, 4.69) is 4.90 Å². The summed E-state index contributed by atoms with van der Waals surface area (Å²) in [6.45, 7) is 0.963. The first kappa shape index (κ1) is 44.7. The molecule has 0 saturated carbocycles. The van der Waals surface area contributed by atoms with Crippen molar-refractivity contribution in [1.82, 2.24) is 14.4 Å². The predicted molar refractivity (Wildman–Crippen MR) is 205 cm³/mol. The van der Waals surface area contributed by atoms with Crippen LogP contribution in [0, 0.1) is 11.6 Å². The van der Waals surface area contributed by atoms with Crippen LogP contribution in [0.15, 0.2) is 95.8 Å². The van der Waals surface area contributed by atoms with Crippen LogP contribution in [-0.2, 0) is 52.9 Å². The summed E-state index contributed by atoms with van der Waals surface area (Å²) in [5.74, 6) is -5.65. The second kappa shape index (κ2) is 19.5. The van der Waals surface area contributed by atoms with Gasteiger partial charge in [0.15, 0.2) is 29.3 Å². The van der Waals surface area contributed by atoms with Crippen LogP contribution in [0.4, 0.5) is 22.0 Å². The summed E-state index contributed by atoms with van der Waals surface area (Å²) in [5, 5.41) is 33.0. The number of carboxylic acid groups (broad SMARTS) is 2. The Morgan fingerprint density at radius 2 is 1.31 bits per heavy atom. The number of rotatable bonds is 14. The molecule has 5 aromatic rings. The van der Waals surface area contributed by atoms with Gasteiger partial charge >= 0.3 is 18.1 Å². The van der Waals surface area contributed by atoms with E-state index in [1.165, 1.54) is 30.3 Å². The first-order valence-corrected chi connectivity index (χ1v) is 17.8. The van der Waals surface area contributed by atoms with Crippen LogP contribution < -0.4 is 5.43 Å². The average molecular weight is 812 g/mol. The number of aliphatic hydroxyl groups is 2. The Kier molecular flexibility index (Phi) is 15.0. The van der Waals surface area contributed by atoms with Crippen LogP contribution in [0.2, 0.25) is 0 Å². The van der Waals surface area contributed by atoms with Gasteiger partial charge in [-0.2, -0.15) is 13.2 Å². The molecule has 4 N–H and O–H groups in total. The number of aliphatic hydroxyl groups excluding tert-OH is 2. The van der Waals surface area contributed by atoms with E-state index in [0.29, 0.717) is 22.2 Å². The maximum Gasteiger partial charge on any atom is 0.416 e. The Bertz CT molecular complexity index is 2280. The Labute approximate surface area is 329 Å². The van der Waals surface area contributed by atoms with Gasteiger partial charge in [0.1, 0.15) is 6.54 Å². The van der Waals surface area contributed by atoms with Gasteiger partial charge in [-0.05, 0) is 91.5 Å². The standard InChI is InChI=1S/C38H36F5N3O2.C4H6O6/c1-44(2)20-19-25-9-18-32-34(21-25)46(31(22-35(32)47)17-14-29-5-4-6-33(39)37(29)40)24-36(48)45(3)23-26-7-10-27(11-8-26)28-12-15-30(16-13-28)38(41,42)43;5-1(3(7)8)2(6)4(9)10/h4-13,15-16,18,21-22H,14,17,19-20,23-24H2,1-3H3;1-2,5-6H,(H,7,8)(H,9,10). The molecule has 1 heterocycles. The fraction of sp³-hybridized carbons (Fsp3) is 0.286. The van der Waals surface area contributed by atoms with Gasteiger partial charge < -0.3 is 34.8 Å². The van der Waals surface area contributed by atoms with Gasteiger partial charge in [0.05, 0.1) is 11.1 Å². The number of carbonyl (C=O) groups excluding carboxylic acids is 1. The number of benzene rings is 4. The van der Waals surface area contributed by atoms with Crippen molar-refractivity contribution in [1.29, 1.82) is 0 Å². The molecule has 2 unspecified atom stereocenters. The van der Waals surface area contributed by atoms with E-state index < -0.39 is 47.5 Å². The fourth-order valence-corrected chi connectivity index (χ4v) is 5.92. The van der Waals surface area contributed by atoms with Crippen molar-refractivity contribution in [3.63, 3.8) is 0 Å². The molecule has 0 aliphatic carbocycles. The molecule has 1 aromatic heterocycles. The molecule has 2 atom stereocenters. The molecule has 11 nitrogen and oxygen atoms in total. The first-order valence-electron chi connectivity index (χ1n) is 17.8. The molecule has 0 saturated heterocycles. The number of fused-ring (bicyclic) bond motifs is 1. The Hall–Kier alpha value is -5.97. The topological polar surface area (TPSA) is 161 Å². The Morgan fingerprint density at radius 1 is 0.741 bits per heavy atom. The third-order valence-electron chi connectivity index (χ3n) is 9.24. The molecule has 16 heteroatoms. The number of alkyl halides is 3. The highest BCUT2D eigenvalue weighted by Gasteiger charge is 2.30. The third-order valence-corrected chi connectivity index (χ3v) is 9.24. The number of aliphatic carboxylic acids is 2. The predicted octanol–water partition coefficient (Wildman–Crippen LogP) is 5.39. The maximum absolute atomic E-state index is 14.5.